The fourth-order valence-corrected chi connectivity index (χ4v) is 3.05. The molecular weight excluding hydrogens is 280 g/mol. The van der Waals surface area contributed by atoms with Crippen LogP contribution < -0.4 is 5.32 Å². The minimum atomic E-state index is 0.389. The van der Waals surface area contributed by atoms with Gasteiger partial charge in [-0.05, 0) is 63.5 Å². The van der Waals surface area contributed by atoms with Crippen molar-refractivity contribution in [2.45, 2.75) is 58.5 Å². The summed E-state index contributed by atoms with van der Waals surface area (Å²) in [6.07, 6.45) is 4.71. The van der Waals surface area contributed by atoms with E-state index in [2.05, 4.69) is 50.2 Å². The van der Waals surface area contributed by atoms with Crippen molar-refractivity contribution in [1.29, 1.82) is 0 Å². The van der Waals surface area contributed by atoms with Crippen LogP contribution in [-0.4, -0.2) is 31.1 Å². The van der Waals surface area contributed by atoms with Gasteiger partial charge < -0.3 is 10.2 Å². The zero-order valence-corrected chi connectivity index (χ0v) is 14.8. The second kappa shape index (κ2) is 10.2. The van der Waals surface area contributed by atoms with Crippen molar-refractivity contribution < 1.29 is 0 Å². The van der Waals surface area contributed by atoms with Crippen LogP contribution in [-0.2, 0) is 0 Å². The van der Waals surface area contributed by atoms with E-state index in [1.807, 2.05) is 12.1 Å². The zero-order valence-electron chi connectivity index (χ0n) is 14.0. The lowest BCUT2D eigenvalue weighted by atomic mass is 10.0. The number of halogens is 1. The molecule has 0 aliphatic carbocycles. The highest BCUT2D eigenvalue weighted by atomic mass is 35.5. The molecule has 1 unspecified atom stereocenters. The Hall–Kier alpha value is -0.570. The van der Waals surface area contributed by atoms with E-state index in [0.29, 0.717) is 12.1 Å². The Morgan fingerprint density at radius 3 is 2.48 bits per heavy atom. The molecule has 0 saturated heterocycles. The fourth-order valence-electron chi connectivity index (χ4n) is 2.86. The maximum atomic E-state index is 6.14. The molecular formula is C18H31ClN2. The van der Waals surface area contributed by atoms with Crippen LogP contribution in [0.4, 0.5) is 0 Å². The number of nitrogens with zero attached hydrogens (tertiary/aromatic N) is 1. The molecule has 1 aromatic carbocycles. The van der Waals surface area contributed by atoms with Crippen molar-refractivity contribution in [1.82, 2.24) is 10.2 Å². The summed E-state index contributed by atoms with van der Waals surface area (Å²) in [5.74, 6) is 0. The summed E-state index contributed by atoms with van der Waals surface area (Å²) in [7, 11) is 2.24. The largest absolute Gasteiger partial charge is 0.310 e. The minimum absolute atomic E-state index is 0.389. The lowest BCUT2D eigenvalue weighted by Crippen LogP contribution is -2.34. The third-order valence-electron chi connectivity index (χ3n) is 4.23. The standard InChI is InChI=1S/C18H31ClN2/c1-5-12-20-18(15-9-8-10-16(19)14-15)11-13-21(4)17(6-2)7-3/h8-10,14,17-18,20H,5-7,11-13H2,1-4H3. The Bertz CT molecular complexity index is 391. The Kier molecular flexibility index (Phi) is 8.98. The smallest absolute Gasteiger partial charge is 0.0409 e. The normalized spacial score (nSPS) is 13.1. The highest BCUT2D eigenvalue weighted by Crippen LogP contribution is 2.21. The molecule has 1 atom stereocenters. The summed E-state index contributed by atoms with van der Waals surface area (Å²) < 4.78 is 0. The number of hydrogen-bond acceptors (Lipinski definition) is 2. The summed E-state index contributed by atoms with van der Waals surface area (Å²) in [6, 6.07) is 9.33. The van der Waals surface area contributed by atoms with Gasteiger partial charge >= 0.3 is 0 Å². The topological polar surface area (TPSA) is 15.3 Å². The van der Waals surface area contributed by atoms with Gasteiger partial charge in [-0.15, -0.1) is 0 Å². The average molecular weight is 311 g/mol. The quantitative estimate of drug-likeness (QED) is 0.662. The van der Waals surface area contributed by atoms with Crippen LogP contribution in [0, 0.1) is 0 Å². The Balaban J connectivity index is 2.66. The summed E-state index contributed by atoms with van der Waals surface area (Å²) in [5.41, 5.74) is 1.30. The van der Waals surface area contributed by atoms with Gasteiger partial charge in [-0.3, -0.25) is 0 Å². The lowest BCUT2D eigenvalue weighted by Gasteiger charge is -2.28. The Labute approximate surface area is 135 Å². The van der Waals surface area contributed by atoms with Gasteiger partial charge in [0.2, 0.25) is 0 Å². The van der Waals surface area contributed by atoms with E-state index in [-0.39, 0.29) is 0 Å². The van der Waals surface area contributed by atoms with Crippen LogP contribution in [0.5, 0.6) is 0 Å². The Morgan fingerprint density at radius 2 is 1.90 bits per heavy atom. The predicted molar refractivity (Wildman–Crippen MR) is 94.1 cm³/mol. The van der Waals surface area contributed by atoms with Crippen molar-refractivity contribution in [3.05, 3.63) is 34.9 Å². The molecule has 0 aromatic heterocycles. The minimum Gasteiger partial charge on any atom is -0.310 e. The molecule has 0 amide bonds. The van der Waals surface area contributed by atoms with Crippen LogP contribution in [0.3, 0.4) is 0 Å². The molecule has 0 bridgehead atoms. The first-order chi connectivity index (χ1) is 10.1. The van der Waals surface area contributed by atoms with Gasteiger partial charge in [0.05, 0.1) is 0 Å². The molecule has 0 aliphatic rings. The Morgan fingerprint density at radius 1 is 1.19 bits per heavy atom. The van der Waals surface area contributed by atoms with Crippen molar-refractivity contribution in [3.63, 3.8) is 0 Å². The lowest BCUT2D eigenvalue weighted by molar-refractivity contribution is 0.217. The molecule has 3 heteroatoms. The van der Waals surface area contributed by atoms with E-state index in [9.17, 15) is 0 Å². The fraction of sp³-hybridized carbons (Fsp3) is 0.667. The van der Waals surface area contributed by atoms with Crippen LogP contribution in [0.1, 0.15) is 58.1 Å². The molecule has 0 fully saturated rings. The SMILES string of the molecule is CCCNC(CCN(C)C(CC)CC)c1cccc(Cl)c1. The molecule has 120 valence electrons. The second-order valence-corrected chi connectivity index (χ2v) is 6.24. The summed E-state index contributed by atoms with van der Waals surface area (Å²) in [4.78, 5) is 2.49. The maximum absolute atomic E-state index is 6.14. The number of hydrogen-bond donors (Lipinski definition) is 1. The molecule has 0 saturated carbocycles. The van der Waals surface area contributed by atoms with Gasteiger partial charge in [-0.2, -0.15) is 0 Å². The molecule has 2 nitrogen and oxygen atoms in total. The highest BCUT2D eigenvalue weighted by molar-refractivity contribution is 6.30. The van der Waals surface area contributed by atoms with E-state index in [0.717, 1.165) is 31.0 Å². The van der Waals surface area contributed by atoms with Crippen LogP contribution >= 0.6 is 11.6 Å². The van der Waals surface area contributed by atoms with Gasteiger partial charge in [0.25, 0.3) is 0 Å². The van der Waals surface area contributed by atoms with E-state index >= 15 is 0 Å². The zero-order chi connectivity index (χ0) is 15.7. The van der Waals surface area contributed by atoms with Crippen molar-refractivity contribution in [2.75, 3.05) is 20.1 Å². The third-order valence-corrected chi connectivity index (χ3v) is 4.46. The van der Waals surface area contributed by atoms with Crippen LogP contribution in [0.25, 0.3) is 0 Å². The number of benzene rings is 1. The van der Waals surface area contributed by atoms with Gasteiger partial charge in [0.1, 0.15) is 0 Å². The van der Waals surface area contributed by atoms with Gasteiger partial charge in [0.15, 0.2) is 0 Å². The third kappa shape index (κ3) is 6.37. The van der Waals surface area contributed by atoms with Crippen LogP contribution in [0.15, 0.2) is 24.3 Å². The van der Waals surface area contributed by atoms with Gasteiger partial charge in [-0.25, -0.2) is 0 Å². The van der Waals surface area contributed by atoms with Gasteiger partial charge in [-0.1, -0.05) is 44.5 Å². The van der Waals surface area contributed by atoms with E-state index in [4.69, 9.17) is 11.6 Å². The highest BCUT2D eigenvalue weighted by Gasteiger charge is 2.15. The monoisotopic (exact) mass is 310 g/mol. The van der Waals surface area contributed by atoms with E-state index < -0.39 is 0 Å². The second-order valence-electron chi connectivity index (χ2n) is 5.80. The molecule has 0 aliphatic heterocycles. The summed E-state index contributed by atoms with van der Waals surface area (Å²) in [6.45, 7) is 8.91. The predicted octanol–water partition coefficient (Wildman–Crippen LogP) is 4.89. The van der Waals surface area contributed by atoms with Gasteiger partial charge in [0, 0.05) is 17.1 Å². The molecule has 0 spiro atoms. The van der Waals surface area contributed by atoms with Crippen molar-refractivity contribution in [2.24, 2.45) is 0 Å². The van der Waals surface area contributed by atoms with E-state index in [1.165, 1.54) is 18.4 Å². The first kappa shape index (κ1) is 18.5. The molecule has 1 N–H and O–H groups in total. The van der Waals surface area contributed by atoms with Crippen molar-refractivity contribution >= 4 is 11.6 Å². The number of rotatable bonds is 10. The molecule has 21 heavy (non-hydrogen) atoms. The summed E-state index contributed by atoms with van der Waals surface area (Å²) in [5, 5.41) is 4.48. The number of nitrogens with one attached hydrogen (secondary N) is 1. The van der Waals surface area contributed by atoms with Crippen molar-refractivity contribution in [3.8, 4) is 0 Å². The molecule has 1 aromatic rings. The summed E-state index contributed by atoms with van der Waals surface area (Å²) >= 11 is 6.14. The maximum Gasteiger partial charge on any atom is 0.0409 e. The van der Waals surface area contributed by atoms with E-state index in [1.54, 1.807) is 0 Å². The molecule has 1 rings (SSSR count). The first-order valence-electron chi connectivity index (χ1n) is 8.31. The molecule has 0 radical (unpaired) electrons. The molecule has 0 heterocycles. The average Bonchev–Trinajstić information content (AvgIpc) is 2.48. The van der Waals surface area contributed by atoms with Crippen LogP contribution in [0.2, 0.25) is 5.02 Å². The first-order valence-corrected chi connectivity index (χ1v) is 8.69.